The molecule has 0 bridgehead atoms. The van der Waals surface area contributed by atoms with Crippen molar-refractivity contribution in [3.05, 3.63) is 36.4 Å². The van der Waals surface area contributed by atoms with Crippen molar-refractivity contribution in [1.29, 1.82) is 0 Å². The molecule has 6 heteroatoms. The molecular weight excluding hydrogens is 256 g/mol. The van der Waals surface area contributed by atoms with Crippen molar-refractivity contribution in [2.75, 3.05) is 0 Å². The largest absolute Gasteiger partial charge is 2.00 e. The van der Waals surface area contributed by atoms with Gasteiger partial charge in [-0.2, -0.15) is 8.42 Å². The summed E-state index contributed by atoms with van der Waals surface area (Å²) in [5, 5.41) is 10.8. The standard InChI is InChI=1S/C10H8O4S.Ca.2H/c11-10-8-4-2-1-3-7(8)5-6-9(10)15(12,13)14;;;/h1-6,11H,(H,12,13,14);;;/q;+2;2*-1. The van der Waals surface area contributed by atoms with Crippen molar-refractivity contribution in [2.24, 2.45) is 0 Å². The summed E-state index contributed by atoms with van der Waals surface area (Å²) in [5.41, 5.74) is 0. The van der Waals surface area contributed by atoms with Gasteiger partial charge >= 0.3 is 37.7 Å². The fourth-order valence-electron chi connectivity index (χ4n) is 1.44. The van der Waals surface area contributed by atoms with Crippen LogP contribution in [0.1, 0.15) is 2.85 Å². The van der Waals surface area contributed by atoms with Crippen LogP contribution in [0.5, 0.6) is 5.75 Å². The number of phenolic OH excluding ortho intramolecular Hbond substituents is 1. The summed E-state index contributed by atoms with van der Waals surface area (Å²) in [6, 6.07) is 9.47. The van der Waals surface area contributed by atoms with Gasteiger partial charge in [-0.1, -0.05) is 30.3 Å². The molecule has 2 rings (SSSR count). The summed E-state index contributed by atoms with van der Waals surface area (Å²) in [6.45, 7) is 0. The van der Waals surface area contributed by atoms with E-state index in [2.05, 4.69) is 0 Å². The van der Waals surface area contributed by atoms with Gasteiger partial charge in [0.25, 0.3) is 10.1 Å². The van der Waals surface area contributed by atoms with Gasteiger partial charge in [-0.15, -0.1) is 0 Å². The van der Waals surface area contributed by atoms with Crippen LogP contribution in [-0.2, 0) is 10.1 Å². The molecule has 0 radical (unpaired) electrons. The zero-order chi connectivity index (χ0) is 11.1. The first-order chi connectivity index (χ1) is 7.00. The maximum absolute atomic E-state index is 10.9. The average molecular weight is 266 g/mol. The van der Waals surface area contributed by atoms with Gasteiger partial charge < -0.3 is 7.96 Å². The molecule has 0 spiro atoms. The summed E-state index contributed by atoms with van der Waals surface area (Å²) in [4.78, 5) is -0.471. The second kappa shape index (κ2) is 4.89. The molecule has 0 heterocycles. The molecular formula is C10H10CaO4S. The number of rotatable bonds is 1. The third-order valence-corrected chi connectivity index (χ3v) is 3.03. The van der Waals surface area contributed by atoms with Crippen molar-refractivity contribution in [3.63, 3.8) is 0 Å². The molecule has 0 aliphatic rings. The van der Waals surface area contributed by atoms with E-state index >= 15 is 0 Å². The summed E-state index contributed by atoms with van der Waals surface area (Å²) < 4.78 is 30.6. The fourth-order valence-corrected chi connectivity index (χ4v) is 2.04. The van der Waals surface area contributed by atoms with E-state index < -0.39 is 20.8 Å². The number of aromatic hydroxyl groups is 1. The van der Waals surface area contributed by atoms with Crippen molar-refractivity contribution in [2.45, 2.75) is 4.90 Å². The predicted octanol–water partition coefficient (Wildman–Crippen LogP) is 1.64. The molecule has 0 aromatic heterocycles. The van der Waals surface area contributed by atoms with Crippen LogP contribution in [0, 0.1) is 0 Å². The normalized spacial score (nSPS) is 11.1. The van der Waals surface area contributed by atoms with Gasteiger partial charge in [-0.25, -0.2) is 0 Å². The molecule has 4 nitrogen and oxygen atoms in total. The Morgan fingerprint density at radius 1 is 1.06 bits per heavy atom. The summed E-state index contributed by atoms with van der Waals surface area (Å²) >= 11 is 0. The zero-order valence-corrected chi connectivity index (χ0v) is 11.3. The van der Waals surface area contributed by atoms with Crippen LogP contribution < -0.4 is 0 Å². The SMILES string of the molecule is O=S(=O)(O)c1ccc2ccccc2c1O.[Ca+2].[H-].[H-]. The van der Waals surface area contributed by atoms with Crippen molar-refractivity contribution in [1.82, 2.24) is 0 Å². The van der Waals surface area contributed by atoms with Gasteiger partial charge in [0, 0.05) is 5.39 Å². The van der Waals surface area contributed by atoms with Crippen LogP contribution in [0.4, 0.5) is 0 Å². The first-order valence-corrected chi connectivity index (χ1v) is 5.62. The zero-order valence-electron chi connectivity index (χ0n) is 10.3. The van der Waals surface area contributed by atoms with Crippen LogP contribution in [-0.4, -0.2) is 55.8 Å². The van der Waals surface area contributed by atoms with E-state index in [0.717, 1.165) is 0 Å². The van der Waals surface area contributed by atoms with Crippen molar-refractivity contribution in [3.8, 4) is 5.75 Å². The smallest absolute Gasteiger partial charge is 1.00 e. The van der Waals surface area contributed by atoms with Crippen LogP contribution in [0.2, 0.25) is 0 Å². The molecule has 0 aliphatic carbocycles. The maximum atomic E-state index is 10.9. The van der Waals surface area contributed by atoms with Crippen LogP contribution in [0.3, 0.4) is 0 Å². The molecule has 2 N–H and O–H groups in total. The number of fused-ring (bicyclic) bond motifs is 1. The second-order valence-electron chi connectivity index (χ2n) is 3.11. The Hall–Kier alpha value is -0.330. The third-order valence-electron chi connectivity index (χ3n) is 2.14. The van der Waals surface area contributed by atoms with Gasteiger partial charge in [0.15, 0.2) is 0 Å². The molecule has 82 valence electrons. The first-order valence-electron chi connectivity index (χ1n) is 4.18. The van der Waals surface area contributed by atoms with E-state index in [1.165, 1.54) is 12.1 Å². The topological polar surface area (TPSA) is 74.6 Å². The van der Waals surface area contributed by atoms with E-state index in [-0.39, 0.29) is 40.6 Å². The minimum Gasteiger partial charge on any atom is -1.00 e. The minimum absolute atomic E-state index is 0. The Morgan fingerprint density at radius 2 is 1.69 bits per heavy atom. The summed E-state index contributed by atoms with van der Waals surface area (Å²) in [7, 11) is -4.37. The Morgan fingerprint density at radius 3 is 2.31 bits per heavy atom. The van der Waals surface area contributed by atoms with Gasteiger partial charge in [-0.05, 0) is 11.5 Å². The monoisotopic (exact) mass is 266 g/mol. The molecule has 2 aromatic carbocycles. The summed E-state index contributed by atoms with van der Waals surface area (Å²) in [5.74, 6) is -0.421. The van der Waals surface area contributed by atoms with E-state index in [4.69, 9.17) is 4.55 Å². The molecule has 0 unspecified atom stereocenters. The third kappa shape index (κ3) is 2.49. The minimum atomic E-state index is -4.37. The second-order valence-corrected chi connectivity index (χ2v) is 4.50. The van der Waals surface area contributed by atoms with Gasteiger partial charge in [-0.3, -0.25) is 4.55 Å². The molecule has 2 aromatic rings. The molecule has 0 aliphatic heterocycles. The molecule has 16 heavy (non-hydrogen) atoms. The summed E-state index contributed by atoms with van der Waals surface area (Å²) in [6.07, 6.45) is 0. The fraction of sp³-hybridized carbons (Fsp3) is 0. The van der Waals surface area contributed by atoms with Crippen LogP contribution >= 0.6 is 0 Å². The molecule has 0 fully saturated rings. The maximum Gasteiger partial charge on any atom is 2.00 e. The van der Waals surface area contributed by atoms with Crippen LogP contribution in [0.25, 0.3) is 10.8 Å². The van der Waals surface area contributed by atoms with E-state index in [0.29, 0.717) is 10.8 Å². The van der Waals surface area contributed by atoms with Crippen molar-refractivity contribution >= 4 is 58.6 Å². The number of phenols is 1. The molecule has 0 atom stereocenters. The predicted molar refractivity (Wildman–Crippen MR) is 63.4 cm³/mol. The Labute approximate surface area is 126 Å². The molecule has 0 amide bonds. The Balaban J connectivity index is 0. The number of benzene rings is 2. The van der Waals surface area contributed by atoms with Crippen molar-refractivity contribution < 1.29 is 20.9 Å². The first kappa shape index (κ1) is 13.7. The molecule has 0 saturated carbocycles. The van der Waals surface area contributed by atoms with Gasteiger partial charge in [0.1, 0.15) is 10.6 Å². The van der Waals surface area contributed by atoms with Crippen LogP contribution in [0.15, 0.2) is 41.3 Å². The molecule has 0 saturated heterocycles. The van der Waals surface area contributed by atoms with Gasteiger partial charge in [0.2, 0.25) is 0 Å². The van der Waals surface area contributed by atoms with E-state index in [9.17, 15) is 13.5 Å². The van der Waals surface area contributed by atoms with E-state index in [1.54, 1.807) is 24.3 Å². The van der Waals surface area contributed by atoms with Gasteiger partial charge in [0.05, 0.1) is 0 Å². The number of hydrogen-bond acceptors (Lipinski definition) is 3. The number of hydrogen-bond donors (Lipinski definition) is 2. The average Bonchev–Trinajstić information content (AvgIpc) is 2.16. The Kier molecular flexibility index (Phi) is 4.20. The quantitative estimate of drug-likeness (QED) is 0.608. The Bertz CT molecular complexity index is 631. The van der Waals surface area contributed by atoms with E-state index in [1.807, 2.05) is 0 Å².